The van der Waals surface area contributed by atoms with Crippen LogP contribution in [0.1, 0.15) is 44.1 Å². The van der Waals surface area contributed by atoms with Crippen LogP contribution >= 0.6 is 0 Å². The van der Waals surface area contributed by atoms with Crippen molar-refractivity contribution in [2.24, 2.45) is 5.92 Å². The molecule has 1 aromatic carbocycles. The Morgan fingerprint density at radius 1 is 1.28 bits per heavy atom. The zero-order valence-electron chi connectivity index (χ0n) is 11.2. The topological polar surface area (TPSA) is 21.3 Å². The van der Waals surface area contributed by atoms with Crippen LogP contribution in [0.5, 0.6) is 5.75 Å². The van der Waals surface area contributed by atoms with Gasteiger partial charge in [0.05, 0.1) is 6.10 Å². The maximum absolute atomic E-state index is 5.91. The molecule has 1 aromatic rings. The molecule has 0 bridgehead atoms. The Labute approximate surface area is 110 Å². The van der Waals surface area contributed by atoms with Crippen LogP contribution in [0.25, 0.3) is 0 Å². The molecule has 1 aliphatic heterocycles. The quantitative estimate of drug-likeness (QED) is 0.878. The first-order valence-corrected chi connectivity index (χ1v) is 7.34. The molecule has 1 heterocycles. The third-order valence-electron chi connectivity index (χ3n) is 4.25. The summed E-state index contributed by atoms with van der Waals surface area (Å²) in [6, 6.07) is 8.81. The Morgan fingerprint density at radius 3 is 2.94 bits per heavy atom. The summed E-state index contributed by atoms with van der Waals surface area (Å²) in [4.78, 5) is 0. The molecule has 1 saturated carbocycles. The van der Waals surface area contributed by atoms with Crippen LogP contribution in [0.4, 0.5) is 0 Å². The Kier molecular flexibility index (Phi) is 3.55. The minimum Gasteiger partial charge on any atom is -0.490 e. The van der Waals surface area contributed by atoms with Gasteiger partial charge in [-0.2, -0.15) is 0 Å². The first kappa shape index (κ1) is 12.0. The fourth-order valence-corrected chi connectivity index (χ4v) is 2.99. The largest absolute Gasteiger partial charge is 0.490 e. The van der Waals surface area contributed by atoms with E-state index in [2.05, 4.69) is 36.5 Å². The van der Waals surface area contributed by atoms with E-state index in [0.29, 0.717) is 12.0 Å². The molecule has 2 aliphatic rings. The van der Waals surface area contributed by atoms with Crippen LogP contribution in [0.2, 0.25) is 0 Å². The highest BCUT2D eigenvalue weighted by atomic mass is 16.5. The van der Waals surface area contributed by atoms with Crippen molar-refractivity contribution in [2.45, 2.75) is 44.6 Å². The van der Waals surface area contributed by atoms with Crippen LogP contribution in [0.15, 0.2) is 24.3 Å². The van der Waals surface area contributed by atoms with E-state index in [1.807, 2.05) is 0 Å². The maximum atomic E-state index is 5.91. The van der Waals surface area contributed by atoms with E-state index >= 15 is 0 Å². The summed E-state index contributed by atoms with van der Waals surface area (Å²) >= 11 is 0. The van der Waals surface area contributed by atoms with Crippen LogP contribution in [-0.4, -0.2) is 19.2 Å². The van der Waals surface area contributed by atoms with Crippen LogP contribution in [-0.2, 0) is 0 Å². The van der Waals surface area contributed by atoms with E-state index in [1.54, 1.807) is 0 Å². The average molecular weight is 245 g/mol. The van der Waals surface area contributed by atoms with Crippen molar-refractivity contribution in [1.82, 2.24) is 5.32 Å². The lowest BCUT2D eigenvalue weighted by molar-refractivity contribution is 0.298. The molecule has 0 spiro atoms. The summed E-state index contributed by atoms with van der Waals surface area (Å²) in [5, 5.41) is 3.51. The van der Waals surface area contributed by atoms with E-state index in [-0.39, 0.29) is 0 Å². The van der Waals surface area contributed by atoms with E-state index in [9.17, 15) is 0 Å². The molecule has 1 N–H and O–H groups in total. The van der Waals surface area contributed by atoms with E-state index < -0.39 is 0 Å². The maximum Gasteiger partial charge on any atom is 0.120 e. The van der Waals surface area contributed by atoms with Gasteiger partial charge in [0.25, 0.3) is 0 Å². The average Bonchev–Trinajstić information content (AvgIpc) is 3.23. The summed E-state index contributed by atoms with van der Waals surface area (Å²) in [5.41, 5.74) is 1.47. The van der Waals surface area contributed by atoms with Gasteiger partial charge in [-0.05, 0) is 61.9 Å². The fraction of sp³-hybridized carbons (Fsp3) is 0.625. The first-order chi connectivity index (χ1) is 8.86. The molecular weight excluding hydrogens is 222 g/mol. The molecule has 2 heteroatoms. The van der Waals surface area contributed by atoms with Crippen molar-refractivity contribution in [3.63, 3.8) is 0 Å². The molecular formula is C16H23NO. The number of rotatable bonds is 4. The number of hydrogen-bond donors (Lipinski definition) is 1. The smallest absolute Gasteiger partial charge is 0.120 e. The van der Waals surface area contributed by atoms with Gasteiger partial charge in [0, 0.05) is 0 Å². The highest BCUT2D eigenvalue weighted by molar-refractivity contribution is 5.32. The summed E-state index contributed by atoms with van der Waals surface area (Å²) in [5.74, 6) is 2.55. The molecule has 2 nitrogen and oxygen atoms in total. The number of nitrogens with one attached hydrogen (secondary N) is 1. The van der Waals surface area contributed by atoms with E-state index in [0.717, 1.165) is 24.8 Å². The minimum absolute atomic E-state index is 0.496. The Bertz CT molecular complexity index is 400. The lowest BCUT2D eigenvalue weighted by atomic mass is 9.80. The van der Waals surface area contributed by atoms with Crippen molar-refractivity contribution in [3.05, 3.63) is 29.8 Å². The second-order valence-corrected chi connectivity index (χ2v) is 5.66. The summed E-state index contributed by atoms with van der Waals surface area (Å²) in [6.07, 6.45) is 5.47. The zero-order chi connectivity index (χ0) is 12.4. The fourth-order valence-electron chi connectivity index (χ4n) is 2.99. The highest BCUT2D eigenvalue weighted by Crippen LogP contribution is 2.35. The molecule has 0 amide bonds. The van der Waals surface area contributed by atoms with Gasteiger partial charge < -0.3 is 10.1 Å². The van der Waals surface area contributed by atoms with E-state index in [1.165, 1.54) is 31.2 Å². The monoisotopic (exact) mass is 245 g/mol. The molecule has 3 rings (SSSR count). The van der Waals surface area contributed by atoms with Crippen molar-refractivity contribution >= 4 is 0 Å². The van der Waals surface area contributed by atoms with Gasteiger partial charge >= 0.3 is 0 Å². The Balaban J connectivity index is 1.76. The lowest BCUT2D eigenvalue weighted by Crippen LogP contribution is -2.35. The van der Waals surface area contributed by atoms with Crippen LogP contribution < -0.4 is 10.1 Å². The minimum atomic E-state index is 0.496. The molecule has 0 aromatic heterocycles. The first-order valence-electron chi connectivity index (χ1n) is 7.34. The highest BCUT2D eigenvalue weighted by Gasteiger charge is 2.26. The SMILES string of the molecule is CCC1CNCCC1c1cccc(OC2CC2)c1. The van der Waals surface area contributed by atoms with Gasteiger partial charge in [-0.15, -0.1) is 0 Å². The third kappa shape index (κ3) is 2.69. The van der Waals surface area contributed by atoms with Gasteiger partial charge in [0.15, 0.2) is 0 Å². The molecule has 98 valence electrons. The second-order valence-electron chi connectivity index (χ2n) is 5.66. The molecule has 18 heavy (non-hydrogen) atoms. The predicted molar refractivity (Wildman–Crippen MR) is 74.1 cm³/mol. The summed E-state index contributed by atoms with van der Waals surface area (Å²) in [6.45, 7) is 4.61. The summed E-state index contributed by atoms with van der Waals surface area (Å²) in [7, 11) is 0. The Morgan fingerprint density at radius 2 is 2.17 bits per heavy atom. The zero-order valence-corrected chi connectivity index (χ0v) is 11.2. The molecule has 1 saturated heterocycles. The van der Waals surface area contributed by atoms with Crippen LogP contribution in [0.3, 0.4) is 0 Å². The van der Waals surface area contributed by atoms with Gasteiger partial charge in [-0.25, -0.2) is 0 Å². The van der Waals surface area contributed by atoms with Crippen molar-refractivity contribution in [3.8, 4) is 5.75 Å². The van der Waals surface area contributed by atoms with Crippen LogP contribution in [0, 0.1) is 5.92 Å². The molecule has 0 radical (unpaired) electrons. The van der Waals surface area contributed by atoms with Crippen molar-refractivity contribution in [1.29, 1.82) is 0 Å². The van der Waals surface area contributed by atoms with E-state index in [4.69, 9.17) is 4.74 Å². The molecule has 2 fully saturated rings. The standard InChI is InChI=1S/C16H23NO/c1-2-12-11-17-9-8-16(12)13-4-3-5-15(10-13)18-14-6-7-14/h3-5,10,12,14,16-17H,2,6-9,11H2,1H3. The Hall–Kier alpha value is -1.02. The molecule has 2 unspecified atom stereocenters. The van der Waals surface area contributed by atoms with Gasteiger partial charge in [0.1, 0.15) is 5.75 Å². The van der Waals surface area contributed by atoms with Gasteiger partial charge in [-0.1, -0.05) is 25.5 Å². The third-order valence-corrected chi connectivity index (χ3v) is 4.25. The van der Waals surface area contributed by atoms with Gasteiger partial charge in [-0.3, -0.25) is 0 Å². The lowest BCUT2D eigenvalue weighted by Gasteiger charge is -2.32. The second kappa shape index (κ2) is 5.31. The summed E-state index contributed by atoms with van der Waals surface area (Å²) < 4.78 is 5.91. The van der Waals surface area contributed by atoms with Crippen molar-refractivity contribution in [2.75, 3.05) is 13.1 Å². The number of hydrogen-bond acceptors (Lipinski definition) is 2. The van der Waals surface area contributed by atoms with Crippen molar-refractivity contribution < 1.29 is 4.74 Å². The molecule has 1 aliphatic carbocycles. The predicted octanol–water partition coefficient (Wildman–Crippen LogP) is 3.33. The normalized spacial score (nSPS) is 28.1. The number of ether oxygens (including phenoxy) is 1. The molecule has 2 atom stereocenters. The van der Waals surface area contributed by atoms with Gasteiger partial charge in [0.2, 0.25) is 0 Å². The number of piperidine rings is 1. The number of benzene rings is 1.